The highest BCUT2D eigenvalue weighted by Crippen LogP contribution is 2.47. The zero-order valence-electron chi connectivity index (χ0n) is 11.4. The van der Waals surface area contributed by atoms with E-state index in [0.717, 1.165) is 0 Å². The Kier molecular flexibility index (Phi) is 3.38. The Bertz CT molecular complexity index is 766. The first-order valence-corrected chi connectivity index (χ1v) is 8.35. The van der Waals surface area contributed by atoms with Crippen LogP contribution in [0.5, 0.6) is 5.75 Å². The molecule has 0 amide bonds. The van der Waals surface area contributed by atoms with Crippen molar-refractivity contribution in [2.45, 2.75) is 30.3 Å². The van der Waals surface area contributed by atoms with Crippen molar-refractivity contribution in [3.8, 4) is 11.8 Å². The second kappa shape index (κ2) is 4.89. The van der Waals surface area contributed by atoms with Crippen LogP contribution < -0.4 is 4.74 Å². The SMILES string of the molecule is N#CC1(COc2ccc3c(c2C(F)F)C(O)CS3(=O)=O)CC1. The average Bonchev–Trinajstić information content (AvgIpc) is 3.19. The lowest BCUT2D eigenvalue weighted by Gasteiger charge is -2.17. The second-order valence-corrected chi connectivity index (χ2v) is 7.67. The summed E-state index contributed by atoms with van der Waals surface area (Å²) >= 11 is 0. The zero-order valence-corrected chi connectivity index (χ0v) is 12.2. The number of aliphatic hydroxyl groups is 1. The Morgan fingerprint density at radius 1 is 1.45 bits per heavy atom. The van der Waals surface area contributed by atoms with Crippen molar-refractivity contribution in [2.75, 3.05) is 12.4 Å². The van der Waals surface area contributed by atoms with Gasteiger partial charge in [-0.2, -0.15) is 5.26 Å². The van der Waals surface area contributed by atoms with Gasteiger partial charge >= 0.3 is 0 Å². The molecule has 0 radical (unpaired) electrons. The molecule has 1 heterocycles. The van der Waals surface area contributed by atoms with E-state index in [0.29, 0.717) is 12.8 Å². The number of hydrogen-bond donors (Lipinski definition) is 1. The maximum Gasteiger partial charge on any atom is 0.267 e. The Morgan fingerprint density at radius 2 is 2.14 bits per heavy atom. The lowest BCUT2D eigenvalue weighted by atomic mass is 10.0. The molecular weight excluding hydrogens is 316 g/mol. The maximum absolute atomic E-state index is 13.4. The number of nitriles is 1. The monoisotopic (exact) mass is 329 g/mol. The van der Waals surface area contributed by atoms with Crippen molar-refractivity contribution >= 4 is 9.84 Å². The number of fused-ring (bicyclic) bond motifs is 1. The fourth-order valence-corrected chi connectivity index (χ4v) is 4.22. The minimum atomic E-state index is -3.75. The predicted octanol–water partition coefficient (Wildman–Crippen LogP) is 2.13. The van der Waals surface area contributed by atoms with E-state index in [-0.39, 0.29) is 22.8 Å². The third-order valence-corrected chi connectivity index (χ3v) is 5.85. The molecule has 1 aromatic carbocycles. The molecule has 0 bridgehead atoms. The lowest BCUT2D eigenvalue weighted by Crippen LogP contribution is -2.13. The summed E-state index contributed by atoms with van der Waals surface area (Å²) in [6.07, 6.45) is -3.17. The topological polar surface area (TPSA) is 87.4 Å². The van der Waals surface area contributed by atoms with E-state index in [1.165, 1.54) is 12.1 Å². The quantitative estimate of drug-likeness (QED) is 0.914. The molecule has 1 aliphatic carbocycles. The van der Waals surface area contributed by atoms with Crippen LogP contribution in [0.25, 0.3) is 0 Å². The molecule has 0 aromatic heterocycles. The van der Waals surface area contributed by atoms with Gasteiger partial charge < -0.3 is 9.84 Å². The largest absolute Gasteiger partial charge is 0.491 e. The Hall–Kier alpha value is -1.72. The molecule has 1 atom stereocenters. The summed E-state index contributed by atoms with van der Waals surface area (Å²) < 4.78 is 55.8. The first-order valence-electron chi connectivity index (χ1n) is 6.69. The normalized spacial score (nSPS) is 23.9. The summed E-state index contributed by atoms with van der Waals surface area (Å²) in [5, 5.41) is 18.8. The van der Waals surface area contributed by atoms with Gasteiger partial charge in [0.15, 0.2) is 9.84 Å². The van der Waals surface area contributed by atoms with Gasteiger partial charge in [0, 0.05) is 5.56 Å². The number of alkyl halides is 2. The van der Waals surface area contributed by atoms with Gasteiger partial charge in [0.05, 0.1) is 33.8 Å². The van der Waals surface area contributed by atoms with Crippen LogP contribution in [-0.4, -0.2) is 25.9 Å². The Balaban J connectivity index is 2.02. The van der Waals surface area contributed by atoms with Crippen LogP contribution in [0.2, 0.25) is 0 Å². The number of aliphatic hydroxyl groups excluding tert-OH is 1. The number of hydrogen-bond acceptors (Lipinski definition) is 5. The van der Waals surface area contributed by atoms with Crippen LogP contribution in [-0.2, 0) is 9.84 Å². The minimum absolute atomic E-state index is 0.0230. The average molecular weight is 329 g/mol. The van der Waals surface area contributed by atoms with Crippen molar-refractivity contribution in [1.29, 1.82) is 5.26 Å². The molecule has 1 N–H and O–H groups in total. The van der Waals surface area contributed by atoms with Gasteiger partial charge in [-0.25, -0.2) is 17.2 Å². The number of nitrogens with zero attached hydrogens (tertiary/aromatic N) is 1. The van der Waals surface area contributed by atoms with Gasteiger partial charge in [-0.15, -0.1) is 0 Å². The van der Waals surface area contributed by atoms with Crippen molar-refractivity contribution in [2.24, 2.45) is 5.41 Å². The predicted molar refractivity (Wildman–Crippen MR) is 71.2 cm³/mol. The van der Waals surface area contributed by atoms with Gasteiger partial charge in [0.1, 0.15) is 12.4 Å². The van der Waals surface area contributed by atoms with E-state index < -0.39 is 39.1 Å². The summed E-state index contributed by atoms with van der Waals surface area (Å²) in [7, 11) is -3.75. The van der Waals surface area contributed by atoms with Crippen LogP contribution in [0.3, 0.4) is 0 Å². The molecule has 1 unspecified atom stereocenters. The molecular formula is C14H13F2NO4S. The molecule has 5 nitrogen and oxygen atoms in total. The van der Waals surface area contributed by atoms with Gasteiger partial charge in [0.2, 0.25) is 0 Å². The summed E-state index contributed by atoms with van der Waals surface area (Å²) in [5.41, 5.74) is -1.52. The number of rotatable bonds is 4. The third kappa shape index (κ3) is 2.34. The third-order valence-electron chi connectivity index (χ3n) is 4.07. The van der Waals surface area contributed by atoms with E-state index in [2.05, 4.69) is 6.07 Å². The van der Waals surface area contributed by atoms with Crippen molar-refractivity contribution in [3.63, 3.8) is 0 Å². The van der Waals surface area contributed by atoms with Gasteiger partial charge in [-0.05, 0) is 25.0 Å². The fourth-order valence-electron chi connectivity index (χ4n) is 2.60. The van der Waals surface area contributed by atoms with E-state index >= 15 is 0 Å². The highest BCUT2D eigenvalue weighted by Gasteiger charge is 2.45. The molecule has 1 saturated carbocycles. The minimum Gasteiger partial charge on any atom is -0.491 e. The van der Waals surface area contributed by atoms with Crippen LogP contribution in [0.4, 0.5) is 8.78 Å². The van der Waals surface area contributed by atoms with Gasteiger partial charge in [-0.1, -0.05) is 0 Å². The number of halogens is 2. The molecule has 1 aliphatic heterocycles. The standard InChI is InChI=1S/C14H13F2NO4S/c15-13(16)12-9(21-7-14(6-17)3-4-14)1-2-10-11(12)8(18)5-22(10,19)20/h1-2,8,13,18H,3-5,7H2. The van der Waals surface area contributed by atoms with E-state index in [1.807, 2.05) is 0 Å². The molecule has 0 saturated heterocycles. The molecule has 1 fully saturated rings. The molecule has 3 rings (SSSR count). The van der Waals surface area contributed by atoms with E-state index in [1.54, 1.807) is 0 Å². The summed E-state index contributed by atoms with van der Waals surface area (Å²) in [4.78, 5) is -0.274. The summed E-state index contributed by atoms with van der Waals surface area (Å²) in [5.74, 6) is -0.778. The van der Waals surface area contributed by atoms with Gasteiger partial charge in [-0.3, -0.25) is 0 Å². The van der Waals surface area contributed by atoms with E-state index in [9.17, 15) is 22.3 Å². The van der Waals surface area contributed by atoms with Crippen LogP contribution in [0, 0.1) is 16.7 Å². The smallest absolute Gasteiger partial charge is 0.267 e. The first-order chi connectivity index (χ1) is 10.3. The van der Waals surface area contributed by atoms with E-state index in [4.69, 9.17) is 10.00 Å². The highest BCUT2D eigenvalue weighted by molar-refractivity contribution is 7.91. The molecule has 0 spiro atoms. The zero-order chi connectivity index (χ0) is 16.1. The number of sulfone groups is 1. The number of ether oxygens (including phenoxy) is 1. The molecule has 2 aliphatic rings. The van der Waals surface area contributed by atoms with Crippen molar-refractivity contribution in [3.05, 3.63) is 23.3 Å². The highest BCUT2D eigenvalue weighted by atomic mass is 32.2. The second-order valence-electron chi connectivity index (χ2n) is 5.67. The molecule has 118 valence electrons. The van der Waals surface area contributed by atoms with Crippen LogP contribution in [0.15, 0.2) is 17.0 Å². The van der Waals surface area contributed by atoms with Crippen molar-refractivity contribution in [1.82, 2.24) is 0 Å². The summed E-state index contributed by atoms with van der Waals surface area (Å²) in [6, 6.07) is 4.43. The Labute approximate surface area is 126 Å². The Morgan fingerprint density at radius 3 is 2.68 bits per heavy atom. The lowest BCUT2D eigenvalue weighted by molar-refractivity contribution is 0.133. The van der Waals surface area contributed by atoms with Crippen LogP contribution in [0.1, 0.15) is 36.5 Å². The molecule has 8 heteroatoms. The summed E-state index contributed by atoms with van der Waals surface area (Å²) in [6.45, 7) is -0.0230. The van der Waals surface area contributed by atoms with Crippen molar-refractivity contribution < 1.29 is 27.0 Å². The first kappa shape index (κ1) is 15.2. The van der Waals surface area contributed by atoms with Crippen LogP contribution >= 0.6 is 0 Å². The number of benzene rings is 1. The molecule has 22 heavy (non-hydrogen) atoms. The molecule has 1 aromatic rings. The fraction of sp³-hybridized carbons (Fsp3) is 0.500. The van der Waals surface area contributed by atoms with Gasteiger partial charge in [0.25, 0.3) is 6.43 Å². The maximum atomic E-state index is 13.4.